The summed E-state index contributed by atoms with van der Waals surface area (Å²) in [7, 11) is 2.15. The lowest BCUT2D eigenvalue weighted by Crippen LogP contribution is -2.45. The van der Waals surface area contributed by atoms with Crippen molar-refractivity contribution in [3.8, 4) is 0 Å². The summed E-state index contributed by atoms with van der Waals surface area (Å²) in [6, 6.07) is 1.29. The quantitative estimate of drug-likeness (QED) is 0.827. The van der Waals surface area contributed by atoms with Crippen LogP contribution in [0.1, 0.15) is 31.7 Å². The Labute approximate surface area is 108 Å². The van der Waals surface area contributed by atoms with E-state index in [0.717, 1.165) is 10.1 Å². The SMILES string of the molecule is Cc1nnc(N(C)C2CCN(C(C)C)CC2)s1. The Bertz CT molecular complexity index is 355. The summed E-state index contributed by atoms with van der Waals surface area (Å²) in [5.41, 5.74) is 0. The molecule has 17 heavy (non-hydrogen) atoms. The summed E-state index contributed by atoms with van der Waals surface area (Å²) in [5.74, 6) is 0. The molecule has 1 saturated heterocycles. The summed E-state index contributed by atoms with van der Waals surface area (Å²) >= 11 is 1.69. The fourth-order valence-electron chi connectivity index (χ4n) is 2.37. The van der Waals surface area contributed by atoms with Crippen LogP contribution in [0.3, 0.4) is 0 Å². The molecule has 0 saturated carbocycles. The molecule has 0 aliphatic carbocycles. The topological polar surface area (TPSA) is 32.3 Å². The van der Waals surface area contributed by atoms with Gasteiger partial charge in [-0.25, -0.2) is 0 Å². The number of likely N-dealkylation sites (tertiary alicyclic amines) is 1. The minimum Gasteiger partial charge on any atom is -0.347 e. The molecule has 1 aliphatic rings. The lowest BCUT2D eigenvalue weighted by Gasteiger charge is -2.38. The van der Waals surface area contributed by atoms with Gasteiger partial charge in [0.25, 0.3) is 0 Å². The van der Waals surface area contributed by atoms with Gasteiger partial charge in [-0.3, -0.25) is 0 Å². The van der Waals surface area contributed by atoms with Gasteiger partial charge in [-0.05, 0) is 33.6 Å². The van der Waals surface area contributed by atoms with Crippen molar-refractivity contribution in [1.82, 2.24) is 15.1 Å². The molecule has 0 spiro atoms. The lowest BCUT2D eigenvalue weighted by molar-refractivity contribution is 0.171. The molecule has 2 heterocycles. The highest BCUT2D eigenvalue weighted by Crippen LogP contribution is 2.25. The zero-order valence-corrected chi connectivity index (χ0v) is 12.0. The van der Waals surface area contributed by atoms with Crippen LogP contribution in [0.25, 0.3) is 0 Å². The largest absolute Gasteiger partial charge is 0.347 e. The van der Waals surface area contributed by atoms with E-state index < -0.39 is 0 Å². The van der Waals surface area contributed by atoms with Crippen LogP contribution in [0.5, 0.6) is 0 Å². The number of piperidine rings is 1. The average Bonchev–Trinajstić information content (AvgIpc) is 2.75. The van der Waals surface area contributed by atoms with Gasteiger partial charge >= 0.3 is 0 Å². The second-order valence-corrected chi connectivity index (χ2v) is 6.24. The molecule has 1 aliphatic heterocycles. The summed E-state index contributed by atoms with van der Waals surface area (Å²) in [6.45, 7) is 8.96. The zero-order valence-electron chi connectivity index (χ0n) is 11.2. The average molecular weight is 254 g/mol. The van der Waals surface area contributed by atoms with Gasteiger partial charge in [0.05, 0.1) is 0 Å². The first-order valence-corrected chi connectivity index (χ1v) is 7.16. The standard InChI is InChI=1S/C12H22N4S/c1-9(2)16-7-5-11(6-8-16)15(4)12-14-13-10(3)17-12/h9,11H,5-8H2,1-4H3. The highest BCUT2D eigenvalue weighted by atomic mass is 32.1. The molecule has 4 nitrogen and oxygen atoms in total. The summed E-state index contributed by atoms with van der Waals surface area (Å²) in [5, 5.41) is 10.4. The normalized spacial score (nSPS) is 18.9. The first-order chi connectivity index (χ1) is 8.08. The Morgan fingerprint density at radius 1 is 1.29 bits per heavy atom. The first kappa shape index (κ1) is 12.8. The smallest absolute Gasteiger partial charge is 0.208 e. The maximum atomic E-state index is 4.23. The second kappa shape index (κ2) is 5.31. The van der Waals surface area contributed by atoms with Crippen molar-refractivity contribution in [2.45, 2.75) is 45.7 Å². The summed E-state index contributed by atoms with van der Waals surface area (Å²) < 4.78 is 0. The fraction of sp³-hybridized carbons (Fsp3) is 0.833. The third kappa shape index (κ3) is 2.96. The highest BCUT2D eigenvalue weighted by molar-refractivity contribution is 7.15. The Morgan fingerprint density at radius 3 is 2.41 bits per heavy atom. The van der Waals surface area contributed by atoms with Crippen LogP contribution in [-0.4, -0.2) is 47.3 Å². The van der Waals surface area contributed by atoms with Crippen LogP contribution >= 0.6 is 11.3 Å². The van der Waals surface area contributed by atoms with Crippen molar-refractivity contribution < 1.29 is 0 Å². The van der Waals surface area contributed by atoms with Crippen LogP contribution in [-0.2, 0) is 0 Å². The monoisotopic (exact) mass is 254 g/mol. The van der Waals surface area contributed by atoms with E-state index in [1.807, 2.05) is 6.92 Å². The summed E-state index contributed by atoms with van der Waals surface area (Å²) in [6.07, 6.45) is 2.46. The third-order valence-electron chi connectivity index (χ3n) is 3.59. The van der Waals surface area contributed by atoms with E-state index in [4.69, 9.17) is 0 Å². The molecule has 1 fully saturated rings. The molecule has 2 rings (SSSR count). The van der Waals surface area contributed by atoms with E-state index in [2.05, 4.69) is 40.9 Å². The Kier molecular flexibility index (Phi) is 3.99. The molecule has 0 N–H and O–H groups in total. The number of nitrogens with zero attached hydrogens (tertiary/aromatic N) is 4. The zero-order chi connectivity index (χ0) is 12.4. The van der Waals surface area contributed by atoms with E-state index in [9.17, 15) is 0 Å². The van der Waals surface area contributed by atoms with Crippen molar-refractivity contribution in [2.24, 2.45) is 0 Å². The van der Waals surface area contributed by atoms with E-state index in [1.54, 1.807) is 11.3 Å². The highest BCUT2D eigenvalue weighted by Gasteiger charge is 2.25. The minimum absolute atomic E-state index is 0.623. The molecule has 1 aromatic heterocycles. The van der Waals surface area contributed by atoms with E-state index in [0.29, 0.717) is 12.1 Å². The fourth-order valence-corrected chi connectivity index (χ4v) is 3.09. The maximum Gasteiger partial charge on any atom is 0.208 e. The van der Waals surface area contributed by atoms with Crippen molar-refractivity contribution in [3.63, 3.8) is 0 Å². The van der Waals surface area contributed by atoms with Gasteiger partial charge in [-0.15, -0.1) is 10.2 Å². The Balaban J connectivity index is 1.92. The van der Waals surface area contributed by atoms with Crippen molar-refractivity contribution >= 4 is 16.5 Å². The molecule has 5 heteroatoms. The van der Waals surface area contributed by atoms with E-state index in [-0.39, 0.29) is 0 Å². The first-order valence-electron chi connectivity index (χ1n) is 6.35. The van der Waals surface area contributed by atoms with Crippen LogP contribution in [0.2, 0.25) is 0 Å². The van der Waals surface area contributed by atoms with Gasteiger partial charge in [0.2, 0.25) is 5.13 Å². The number of hydrogen-bond donors (Lipinski definition) is 0. The van der Waals surface area contributed by atoms with Gasteiger partial charge in [0, 0.05) is 32.2 Å². The molecule has 0 amide bonds. The maximum absolute atomic E-state index is 4.23. The second-order valence-electron chi connectivity index (χ2n) is 5.08. The van der Waals surface area contributed by atoms with Crippen molar-refractivity contribution in [2.75, 3.05) is 25.0 Å². The van der Waals surface area contributed by atoms with Crippen molar-refractivity contribution in [3.05, 3.63) is 5.01 Å². The van der Waals surface area contributed by atoms with Crippen molar-refractivity contribution in [1.29, 1.82) is 0 Å². The molecule has 96 valence electrons. The Morgan fingerprint density at radius 2 is 1.94 bits per heavy atom. The van der Waals surface area contributed by atoms with Crippen LogP contribution < -0.4 is 4.90 Å². The molecular weight excluding hydrogens is 232 g/mol. The van der Waals surface area contributed by atoms with Gasteiger partial charge in [-0.2, -0.15) is 0 Å². The minimum atomic E-state index is 0.623. The van der Waals surface area contributed by atoms with Gasteiger partial charge < -0.3 is 9.80 Å². The lowest BCUT2D eigenvalue weighted by atomic mass is 10.0. The molecule has 0 unspecified atom stereocenters. The third-order valence-corrected chi connectivity index (χ3v) is 4.52. The molecule has 0 radical (unpaired) electrons. The summed E-state index contributed by atoms with van der Waals surface area (Å²) in [4.78, 5) is 4.86. The number of rotatable bonds is 3. The van der Waals surface area contributed by atoms with E-state index in [1.165, 1.54) is 25.9 Å². The van der Waals surface area contributed by atoms with Gasteiger partial charge in [0.1, 0.15) is 5.01 Å². The van der Waals surface area contributed by atoms with Gasteiger partial charge in [0.15, 0.2) is 0 Å². The number of aryl methyl sites for hydroxylation is 1. The molecule has 1 aromatic rings. The predicted octanol–water partition coefficient (Wildman–Crippen LogP) is 2.16. The molecule has 0 bridgehead atoms. The number of hydrogen-bond acceptors (Lipinski definition) is 5. The van der Waals surface area contributed by atoms with E-state index >= 15 is 0 Å². The Hall–Kier alpha value is -0.680. The molecular formula is C12H22N4S. The van der Waals surface area contributed by atoms with Gasteiger partial charge in [-0.1, -0.05) is 11.3 Å². The number of anilines is 1. The number of aromatic nitrogens is 2. The predicted molar refractivity (Wildman–Crippen MR) is 72.8 cm³/mol. The van der Waals surface area contributed by atoms with Crippen LogP contribution in [0.15, 0.2) is 0 Å². The molecule has 0 atom stereocenters. The molecule has 0 aromatic carbocycles. The van der Waals surface area contributed by atoms with Crippen LogP contribution in [0.4, 0.5) is 5.13 Å². The van der Waals surface area contributed by atoms with Crippen LogP contribution in [0, 0.1) is 6.92 Å².